The molecule has 0 unspecified atom stereocenters. The lowest BCUT2D eigenvalue weighted by Crippen LogP contribution is -2.14. The molecule has 0 spiro atoms. The first-order valence-corrected chi connectivity index (χ1v) is 6.62. The number of nitrogens with zero attached hydrogens (tertiary/aromatic N) is 1. The molecule has 0 amide bonds. The fourth-order valence-corrected chi connectivity index (χ4v) is 2.49. The van der Waals surface area contributed by atoms with Crippen LogP contribution in [-0.4, -0.2) is 17.6 Å². The maximum atomic E-state index is 8.45. The number of anilines is 1. The molecule has 1 aliphatic carbocycles. The third-order valence-corrected chi connectivity index (χ3v) is 3.45. The molecule has 1 aromatic carbocycles. The molecular formula is C14H21N3O. The summed E-state index contributed by atoms with van der Waals surface area (Å²) in [5.74, 6) is 0.298. The van der Waals surface area contributed by atoms with Gasteiger partial charge in [0.1, 0.15) is 5.84 Å². The van der Waals surface area contributed by atoms with E-state index in [4.69, 9.17) is 10.9 Å². The molecule has 0 radical (unpaired) electrons. The molecule has 1 aromatic rings. The van der Waals surface area contributed by atoms with Crippen molar-refractivity contribution in [2.24, 2.45) is 10.9 Å². The number of oxime groups is 1. The molecule has 0 atom stereocenters. The van der Waals surface area contributed by atoms with Crippen LogP contribution in [0.25, 0.3) is 0 Å². The van der Waals surface area contributed by atoms with Gasteiger partial charge in [0.15, 0.2) is 0 Å². The standard InChI is InChI=1S/C14H21N3O/c15-14(17-18)9-4-10-16-13-8-3-6-11-5-1-2-7-12(11)13/h3,6,8,16,18H,1-2,4-5,7,9-10H2,(H2,15,17). The molecule has 0 heterocycles. The second-order valence-corrected chi connectivity index (χ2v) is 4.77. The Kier molecular flexibility index (Phi) is 4.45. The van der Waals surface area contributed by atoms with Gasteiger partial charge < -0.3 is 16.3 Å². The van der Waals surface area contributed by atoms with Crippen molar-refractivity contribution in [2.45, 2.75) is 38.5 Å². The molecule has 1 aliphatic rings. The van der Waals surface area contributed by atoms with Crippen molar-refractivity contribution in [1.29, 1.82) is 0 Å². The zero-order valence-electron chi connectivity index (χ0n) is 10.7. The SMILES string of the molecule is NC(CCCNc1cccc2c1CCCC2)=NO. The van der Waals surface area contributed by atoms with Crippen LogP contribution in [0.2, 0.25) is 0 Å². The van der Waals surface area contributed by atoms with Crippen LogP contribution < -0.4 is 11.1 Å². The summed E-state index contributed by atoms with van der Waals surface area (Å²) >= 11 is 0. The zero-order chi connectivity index (χ0) is 12.8. The molecule has 4 heteroatoms. The van der Waals surface area contributed by atoms with Gasteiger partial charge in [-0.25, -0.2) is 0 Å². The van der Waals surface area contributed by atoms with Crippen LogP contribution >= 0.6 is 0 Å². The first-order valence-electron chi connectivity index (χ1n) is 6.62. The van der Waals surface area contributed by atoms with E-state index in [9.17, 15) is 0 Å². The lowest BCUT2D eigenvalue weighted by molar-refractivity contribution is 0.316. The number of benzene rings is 1. The normalized spacial score (nSPS) is 15.2. The van der Waals surface area contributed by atoms with Gasteiger partial charge in [-0.15, -0.1) is 0 Å². The van der Waals surface area contributed by atoms with E-state index in [0.717, 1.165) is 13.0 Å². The van der Waals surface area contributed by atoms with Gasteiger partial charge in [0.05, 0.1) is 0 Å². The molecule has 0 aromatic heterocycles. The Balaban J connectivity index is 1.89. The fourth-order valence-electron chi connectivity index (χ4n) is 2.49. The number of fused-ring (bicyclic) bond motifs is 1. The van der Waals surface area contributed by atoms with Gasteiger partial charge in [0.2, 0.25) is 0 Å². The van der Waals surface area contributed by atoms with Crippen molar-refractivity contribution in [3.05, 3.63) is 29.3 Å². The summed E-state index contributed by atoms with van der Waals surface area (Å²) in [6.45, 7) is 0.854. The van der Waals surface area contributed by atoms with E-state index < -0.39 is 0 Å². The van der Waals surface area contributed by atoms with Crippen molar-refractivity contribution < 1.29 is 5.21 Å². The number of aryl methyl sites for hydroxylation is 1. The number of nitrogens with two attached hydrogens (primary N) is 1. The number of hydrogen-bond acceptors (Lipinski definition) is 3. The van der Waals surface area contributed by atoms with Crippen LogP contribution in [-0.2, 0) is 12.8 Å². The molecule has 2 rings (SSSR count). The lowest BCUT2D eigenvalue weighted by atomic mass is 9.90. The maximum absolute atomic E-state index is 8.45. The largest absolute Gasteiger partial charge is 0.409 e. The van der Waals surface area contributed by atoms with Crippen LogP contribution in [0.15, 0.2) is 23.4 Å². The minimum Gasteiger partial charge on any atom is -0.409 e. The van der Waals surface area contributed by atoms with E-state index in [1.165, 1.54) is 42.5 Å². The number of nitrogens with one attached hydrogen (secondary N) is 1. The summed E-state index contributed by atoms with van der Waals surface area (Å²) in [5, 5.41) is 14.9. The van der Waals surface area contributed by atoms with Crippen LogP contribution in [0.3, 0.4) is 0 Å². The van der Waals surface area contributed by atoms with E-state index in [1.807, 2.05) is 0 Å². The second kappa shape index (κ2) is 6.28. The molecule has 0 saturated carbocycles. The Morgan fingerprint density at radius 3 is 3.00 bits per heavy atom. The Labute approximate surface area is 108 Å². The molecule has 0 fully saturated rings. The highest BCUT2D eigenvalue weighted by atomic mass is 16.4. The van der Waals surface area contributed by atoms with Crippen molar-refractivity contribution in [2.75, 3.05) is 11.9 Å². The first kappa shape index (κ1) is 12.7. The Hall–Kier alpha value is -1.71. The van der Waals surface area contributed by atoms with Gasteiger partial charge >= 0.3 is 0 Å². The minimum absolute atomic E-state index is 0.298. The van der Waals surface area contributed by atoms with Gasteiger partial charge in [-0.3, -0.25) is 0 Å². The molecule has 98 valence electrons. The molecule has 0 bridgehead atoms. The summed E-state index contributed by atoms with van der Waals surface area (Å²) < 4.78 is 0. The van der Waals surface area contributed by atoms with E-state index in [-0.39, 0.29) is 0 Å². The lowest BCUT2D eigenvalue weighted by Gasteiger charge is -2.20. The van der Waals surface area contributed by atoms with Crippen LogP contribution in [0.5, 0.6) is 0 Å². The Bertz CT molecular complexity index is 429. The third-order valence-electron chi connectivity index (χ3n) is 3.45. The van der Waals surface area contributed by atoms with Gasteiger partial charge in [-0.05, 0) is 49.3 Å². The average molecular weight is 247 g/mol. The van der Waals surface area contributed by atoms with Gasteiger partial charge in [0, 0.05) is 18.7 Å². The third kappa shape index (κ3) is 3.15. The molecule has 0 aliphatic heterocycles. The highest BCUT2D eigenvalue weighted by Crippen LogP contribution is 2.27. The average Bonchev–Trinajstić information content (AvgIpc) is 2.43. The highest BCUT2D eigenvalue weighted by Gasteiger charge is 2.12. The number of hydrogen-bond donors (Lipinski definition) is 3. The fraction of sp³-hybridized carbons (Fsp3) is 0.500. The smallest absolute Gasteiger partial charge is 0.139 e. The van der Waals surface area contributed by atoms with E-state index in [2.05, 4.69) is 28.7 Å². The van der Waals surface area contributed by atoms with Gasteiger partial charge in [-0.1, -0.05) is 17.3 Å². The summed E-state index contributed by atoms with van der Waals surface area (Å²) in [6, 6.07) is 6.50. The van der Waals surface area contributed by atoms with Crippen LogP contribution in [0.4, 0.5) is 5.69 Å². The quantitative estimate of drug-likeness (QED) is 0.246. The minimum atomic E-state index is 0.298. The molecular weight excluding hydrogens is 226 g/mol. The second-order valence-electron chi connectivity index (χ2n) is 4.77. The summed E-state index contributed by atoms with van der Waals surface area (Å²) in [5.41, 5.74) is 9.66. The molecule has 4 N–H and O–H groups in total. The first-order chi connectivity index (χ1) is 8.81. The van der Waals surface area contributed by atoms with Gasteiger partial charge in [-0.2, -0.15) is 0 Å². The highest BCUT2D eigenvalue weighted by molar-refractivity contribution is 5.79. The summed E-state index contributed by atoms with van der Waals surface area (Å²) in [6.07, 6.45) is 6.47. The molecule has 18 heavy (non-hydrogen) atoms. The van der Waals surface area contributed by atoms with E-state index in [0.29, 0.717) is 12.3 Å². The van der Waals surface area contributed by atoms with Gasteiger partial charge in [0.25, 0.3) is 0 Å². The topological polar surface area (TPSA) is 70.6 Å². The van der Waals surface area contributed by atoms with Crippen molar-refractivity contribution in [3.63, 3.8) is 0 Å². The van der Waals surface area contributed by atoms with Crippen molar-refractivity contribution >= 4 is 11.5 Å². The maximum Gasteiger partial charge on any atom is 0.139 e. The number of amidine groups is 1. The van der Waals surface area contributed by atoms with Crippen LogP contribution in [0.1, 0.15) is 36.8 Å². The Morgan fingerprint density at radius 1 is 1.33 bits per heavy atom. The monoisotopic (exact) mass is 247 g/mol. The van der Waals surface area contributed by atoms with Crippen LogP contribution in [0, 0.1) is 0 Å². The molecule has 0 saturated heterocycles. The number of rotatable bonds is 5. The van der Waals surface area contributed by atoms with E-state index >= 15 is 0 Å². The molecule has 4 nitrogen and oxygen atoms in total. The predicted octanol–water partition coefficient (Wildman–Crippen LogP) is 2.50. The van der Waals surface area contributed by atoms with Crippen molar-refractivity contribution in [1.82, 2.24) is 0 Å². The summed E-state index contributed by atoms with van der Waals surface area (Å²) in [7, 11) is 0. The van der Waals surface area contributed by atoms with Crippen molar-refractivity contribution in [3.8, 4) is 0 Å². The summed E-state index contributed by atoms with van der Waals surface area (Å²) in [4.78, 5) is 0. The Morgan fingerprint density at radius 2 is 2.17 bits per heavy atom. The zero-order valence-corrected chi connectivity index (χ0v) is 10.7. The predicted molar refractivity (Wildman–Crippen MR) is 74.2 cm³/mol. The van der Waals surface area contributed by atoms with E-state index in [1.54, 1.807) is 0 Å².